The first kappa shape index (κ1) is 17.7. The monoisotopic (exact) mass is 332 g/mol. The number of carbonyl (C=O) groups excluding carboxylic acids is 2. The van der Waals surface area contributed by atoms with Gasteiger partial charge >= 0.3 is 5.97 Å². The normalized spacial score (nSPS) is 17.7. The van der Waals surface area contributed by atoms with Crippen molar-refractivity contribution in [2.45, 2.75) is 19.8 Å². The highest BCUT2D eigenvalue weighted by atomic mass is 16.6. The molecule has 1 fully saturated rings. The molecule has 24 heavy (non-hydrogen) atoms. The minimum atomic E-state index is -0.478. The van der Waals surface area contributed by atoms with Crippen LogP contribution in [0.2, 0.25) is 0 Å². The van der Waals surface area contributed by atoms with Crippen molar-refractivity contribution in [3.63, 3.8) is 0 Å². The van der Waals surface area contributed by atoms with E-state index in [2.05, 4.69) is 0 Å². The lowest BCUT2D eigenvalue weighted by Crippen LogP contribution is -2.42. The van der Waals surface area contributed by atoms with Crippen molar-refractivity contribution >= 4 is 23.6 Å². The fourth-order valence-corrected chi connectivity index (χ4v) is 2.64. The molecule has 7 nitrogen and oxygen atoms in total. The first-order chi connectivity index (χ1) is 11.5. The van der Waals surface area contributed by atoms with Crippen molar-refractivity contribution < 1.29 is 19.2 Å². The van der Waals surface area contributed by atoms with Crippen LogP contribution in [0.3, 0.4) is 0 Å². The molecule has 128 valence electrons. The lowest BCUT2D eigenvalue weighted by Gasteiger charge is -2.30. The Morgan fingerprint density at radius 3 is 2.96 bits per heavy atom. The van der Waals surface area contributed by atoms with Gasteiger partial charge in [-0.25, -0.2) is 0 Å². The molecule has 0 radical (unpaired) electrons. The van der Waals surface area contributed by atoms with E-state index in [1.165, 1.54) is 18.2 Å². The van der Waals surface area contributed by atoms with Gasteiger partial charge in [-0.2, -0.15) is 0 Å². The second-order valence-corrected chi connectivity index (χ2v) is 5.56. The smallest absolute Gasteiger partial charge is 0.310 e. The molecule has 2 rings (SSSR count). The molecular formula is C17H20N2O5. The van der Waals surface area contributed by atoms with Crippen molar-refractivity contribution in [2.24, 2.45) is 5.92 Å². The molecule has 1 aromatic carbocycles. The average molecular weight is 332 g/mol. The molecule has 1 aliphatic heterocycles. The van der Waals surface area contributed by atoms with E-state index >= 15 is 0 Å². The Bertz CT molecular complexity index is 656. The van der Waals surface area contributed by atoms with Gasteiger partial charge < -0.3 is 9.64 Å². The third-order valence-corrected chi connectivity index (χ3v) is 3.85. The SMILES string of the molecule is CCOC(=O)[C@H]1CCCN(C(=O)/C=C/c2cccc([N+](=O)[O-])c2)C1. The Morgan fingerprint density at radius 1 is 1.46 bits per heavy atom. The van der Waals surface area contributed by atoms with E-state index in [1.54, 1.807) is 30.0 Å². The molecule has 0 saturated carbocycles. The maximum Gasteiger partial charge on any atom is 0.310 e. The summed E-state index contributed by atoms with van der Waals surface area (Å²) in [6.45, 7) is 3.02. The van der Waals surface area contributed by atoms with E-state index in [0.29, 0.717) is 25.3 Å². The van der Waals surface area contributed by atoms with E-state index in [9.17, 15) is 19.7 Å². The third kappa shape index (κ3) is 4.65. The predicted molar refractivity (Wildman–Crippen MR) is 88.1 cm³/mol. The number of likely N-dealkylation sites (tertiary alicyclic amines) is 1. The highest BCUT2D eigenvalue weighted by molar-refractivity contribution is 5.92. The van der Waals surface area contributed by atoms with Gasteiger partial charge in [0.15, 0.2) is 0 Å². The van der Waals surface area contributed by atoms with Crippen LogP contribution >= 0.6 is 0 Å². The quantitative estimate of drug-likeness (QED) is 0.357. The maximum atomic E-state index is 12.3. The van der Waals surface area contributed by atoms with E-state index < -0.39 is 4.92 Å². The Labute approximate surface area is 140 Å². The van der Waals surface area contributed by atoms with Crippen LogP contribution in [-0.4, -0.2) is 41.4 Å². The van der Waals surface area contributed by atoms with Crippen LogP contribution in [-0.2, 0) is 14.3 Å². The molecule has 0 aliphatic carbocycles. The summed E-state index contributed by atoms with van der Waals surface area (Å²) in [5, 5.41) is 10.8. The van der Waals surface area contributed by atoms with E-state index in [0.717, 1.165) is 12.8 Å². The minimum absolute atomic E-state index is 0.0232. The number of carbonyl (C=O) groups is 2. The van der Waals surface area contributed by atoms with Crippen LogP contribution in [0.15, 0.2) is 30.3 Å². The second kappa shape index (κ2) is 8.24. The molecule has 0 unspecified atom stereocenters. The van der Waals surface area contributed by atoms with Crippen molar-refractivity contribution in [2.75, 3.05) is 19.7 Å². The van der Waals surface area contributed by atoms with E-state index in [4.69, 9.17) is 4.74 Å². The number of esters is 1. The number of amides is 1. The van der Waals surface area contributed by atoms with Crippen LogP contribution in [0.1, 0.15) is 25.3 Å². The molecule has 0 N–H and O–H groups in total. The summed E-state index contributed by atoms with van der Waals surface area (Å²) in [6, 6.07) is 6.06. The molecular weight excluding hydrogens is 312 g/mol. The highest BCUT2D eigenvalue weighted by Crippen LogP contribution is 2.19. The number of non-ortho nitro benzene ring substituents is 1. The Balaban J connectivity index is 1.99. The summed E-state index contributed by atoms with van der Waals surface area (Å²) in [5.41, 5.74) is 0.557. The molecule has 0 aromatic heterocycles. The first-order valence-electron chi connectivity index (χ1n) is 7.89. The van der Waals surface area contributed by atoms with Crippen molar-refractivity contribution in [3.8, 4) is 0 Å². The van der Waals surface area contributed by atoms with Gasteiger partial charge in [-0.15, -0.1) is 0 Å². The summed E-state index contributed by atoms with van der Waals surface area (Å²) in [4.78, 5) is 36.0. The largest absolute Gasteiger partial charge is 0.466 e. The zero-order valence-electron chi connectivity index (χ0n) is 13.5. The number of benzene rings is 1. The molecule has 1 amide bonds. The first-order valence-corrected chi connectivity index (χ1v) is 7.89. The number of rotatable bonds is 5. The number of nitrogens with zero attached hydrogens (tertiary/aromatic N) is 2. The Kier molecular flexibility index (Phi) is 6.06. The fourth-order valence-electron chi connectivity index (χ4n) is 2.64. The number of hydrogen-bond donors (Lipinski definition) is 0. The number of ether oxygens (including phenoxy) is 1. The Morgan fingerprint density at radius 2 is 2.25 bits per heavy atom. The number of hydrogen-bond acceptors (Lipinski definition) is 5. The van der Waals surface area contributed by atoms with Crippen LogP contribution in [0, 0.1) is 16.0 Å². The Hall–Kier alpha value is -2.70. The number of piperidine rings is 1. The van der Waals surface area contributed by atoms with Gasteiger partial charge in [0.25, 0.3) is 5.69 Å². The lowest BCUT2D eigenvalue weighted by atomic mass is 9.98. The summed E-state index contributed by atoms with van der Waals surface area (Å²) in [5.74, 6) is -0.762. The number of nitro benzene ring substituents is 1. The van der Waals surface area contributed by atoms with Crippen LogP contribution in [0.4, 0.5) is 5.69 Å². The minimum Gasteiger partial charge on any atom is -0.466 e. The van der Waals surface area contributed by atoms with E-state index in [-0.39, 0.29) is 23.5 Å². The predicted octanol–water partition coefficient (Wildman–Crippen LogP) is 2.41. The molecule has 1 atom stereocenters. The van der Waals surface area contributed by atoms with Gasteiger partial charge in [0.05, 0.1) is 17.4 Å². The molecule has 7 heteroatoms. The van der Waals surface area contributed by atoms with Gasteiger partial charge in [0, 0.05) is 31.3 Å². The molecule has 1 aliphatic rings. The van der Waals surface area contributed by atoms with Crippen LogP contribution in [0.5, 0.6) is 0 Å². The second-order valence-electron chi connectivity index (χ2n) is 5.56. The summed E-state index contributed by atoms with van der Waals surface area (Å²) in [7, 11) is 0. The van der Waals surface area contributed by atoms with Crippen LogP contribution < -0.4 is 0 Å². The van der Waals surface area contributed by atoms with Gasteiger partial charge in [-0.05, 0) is 31.4 Å². The topological polar surface area (TPSA) is 89.8 Å². The molecule has 0 spiro atoms. The van der Waals surface area contributed by atoms with Crippen molar-refractivity contribution in [1.82, 2.24) is 4.90 Å². The van der Waals surface area contributed by atoms with Crippen molar-refractivity contribution in [1.29, 1.82) is 0 Å². The lowest BCUT2D eigenvalue weighted by molar-refractivity contribution is -0.384. The number of nitro groups is 1. The average Bonchev–Trinajstić information content (AvgIpc) is 2.60. The van der Waals surface area contributed by atoms with Gasteiger partial charge in [-0.3, -0.25) is 19.7 Å². The van der Waals surface area contributed by atoms with Gasteiger partial charge in [-0.1, -0.05) is 12.1 Å². The summed E-state index contributed by atoms with van der Waals surface area (Å²) < 4.78 is 5.02. The standard InChI is InChI=1S/C17H20N2O5/c1-2-24-17(21)14-6-4-10-18(12-14)16(20)9-8-13-5-3-7-15(11-13)19(22)23/h3,5,7-9,11,14H,2,4,6,10,12H2,1H3/b9-8+/t14-/m0/s1. The molecule has 1 saturated heterocycles. The zero-order valence-corrected chi connectivity index (χ0v) is 13.5. The molecule has 0 bridgehead atoms. The summed E-state index contributed by atoms with van der Waals surface area (Å²) >= 11 is 0. The fraction of sp³-hybridized carbons (Fsp3) is 0.412. The van der Waals surface area contributed by atoms with E-state index in [1.807, 2.05) is 0 Å². The molecule has 1 heterocycles. The zero-order chi connectivity index (χ0) is 17.5. The van der Waals surface area contributed by atoms with Crippen LogP contribution in [0.25, 0.3) is 6.08 Å². The maximum absolute atomic E-state index is 12.3. The molecule has 1 aromatic rings. The third-order valence-electron chi connectivity index (χ3n) is 3.85. The summed E-state index contributed by atoms with van der Waals surface area (Å²) in [6.07, 6.45) is 4.40. The highest BCUT2D eigenvalue weighted by Gasteiger charge is 2.28. The van der Waals surface area contributed by atoms with Gasteiger partial charge in [0.1, 0.15) is 0 Å². The van der Waals surface area contributed by atoms with Gasteiger partial charge in [0.2, 0.25) is 5.91 Å². The van der Waals surface area contributed by atoms with Crippen molar-refractivity contribution in [3.05, 3.63) is 46.0 Å².